The van der Waals surface area contributed by atoms with Crippen LogP contribution in [-0.4, -0.2) is 39.2 Å². The van der Waals surface area contributed by atoms with Crippen LogP contribution in [0.1, 0.15) is 12.5 Å². The Morgan fingerprint density at radius 1 is 1.32 bits per heavy atom. The predicted molar refractivity (Wildman–Crippen MR) is 75.6 cm³/mol. The summed E-state index contributed by atoms with van der Waals surface area (Å²) >= 11 is 0. The van der Waals surface area contributed by atoms with Crippen molar-refractivity contribution < 1.29 is 9.53 Å². The molecule has 1 atom stereocenters. The summed E-state index contributed by atoms with van der Waals surface area (Å²) in [7, 11) is 3.79. The third-order valence-corrected chi connectivity index (χ3v) is 3.20. The maximum atomic E-state index is 12.2. The van der Waals surface area contributed by atoms with E-state index in [9.17, 15) is 4.79 Å². The SMILES string of the molecule is CNCCN1C(=O)C(C)Oc2ccc(CNC)cc21. The number of amides is 1. The summed E-state index contributed by atoms with van der Waals surface area (Å²) in [6, 6.07) is 5.98. The van der Waals surface area contributed by atoms with Gasteiger partial charge >= 0.3 is 0 Å². The number of carbonyl (C=O) groups is 1. The van der Waals surface area contributed by atoms with E-state index in [0.717, 1.165) is 30.1 Å². The van der Waals surface area contributed by atoms with E-state index in [4.69, 9.17) is 4.74 Å². The van der Waals surface area contributed by atoms with Gasteiger partial charge in [0.25, 0.3) is 5.91 Å². The van der Waals surface area contributed by atoms with Gasteiger partial charge in [-0.3, -0.25) is 4.79 Å². The first-order valence-corrected chi connectivity index (χ1v) is 6.57. The van der Waals surface area contributed by atoms with Crippen molar-refractivity contribution in [1.82, 2.24) is 10.6 Å². The topological polar surface area (TPSA) is 53.6 Å². The minimum Gasteiger partial charge on any atom is -0.479 e. The van der Waals surface area contributed by atoms with Crippen LogP contribution in [0.5, 0.6) is 5.75 Å². The van der Waals surface area contributed by atoms with E-state index >= 15 is 0 Å². The van der Waals surface area contributed by atoms with Crippen molar-refractivity contribution in [3.8, 4) is 5.75 Å². The van der Waals surface area contributed by atoms with Crippen LogP contribution in [0.25, 0.3) is 0 Å². The Balaban J connectivity index is 2.33. The second-order valence-corrected chi connectivity index (χ2v) is 4.69. The third-order valence-electron chi connectivity index (χ3n) is 3.20. The number of ether oxygens (including phenoxy) is 1. The fourth-order valence-corrected chi connectivity index (χ4v) is 2.22. The van der Waals surface area contributed by atoms with Crippen molar-refractivity contribution >= 4 is 11.6 Å². The van der Waals surface area contributed by atoms with Crippen molar-refractivity contribution in [2.75, 3.05) is 32.1 Å². The van der Waals surface area contributed by atoms with E-state index < -0.39 is 6.10 Å². The van der Waals surface area contributed by atoms with Gasteiger partial charge in [-0.2, -0.15) is 0 Å². The van der Waals surface area contributed by atoms with Crippen LogP contribution >= 0.6 is 0 Å². The lowest BCUT2D eigenvalue weighted by Crippen LogP contribution is -2.46. The van der Waals surface area contributed by atoms with Gasteiger partial charge in [0.2, 0.25) is 0 Å². The molecule has 1 aromatic carbocycles. The monoisotopic (exact) mass is 263 g/mol. The molecule has 5 heteroatoms. The minimum absolute atomic E-state index is 0.0179. The summed E-state index contributed by atoms with van der Waals surface area (Å²) in [5.41, 5.74) is 2.01. The molecule has 1 amide bonds. The maximum Gasteiger partial charge on any atom is 0.267 e. The highest BCUT2D eigenvalue weighted by Gasteiger charge is 2.31. The lowest BCUT2D eigenvalue weighted by atomic mass is 10.1. The highest BCUT2D eigenvalue weighted by atomic mass is 16.5. The largest absolute Gasteiger partial charge is 0.479 e. The number of anilines is 1. The standard InChI is InChI=1S/C14H21N3O2/c1-10-14(18)17(7-6-15-2)12-8-11(9-16-3)4-5-13(12)19-10/h4-5,8,10,15-16H,6-7,9H2,1-3H3. The lowest BCUT2D eigenvalue weighted by molar-refractivity contribution is -0.125. The first kappa shape index (κ1) is 13.8. The van der Waals surface area contributed by atoms with Gasteiger partial charge in [0.15, 0.2) is 6.10 Å². The van der Waals surface area contributed by atoms with Crippen molar-refractivity contribution in [2.45, 2.75) is 19.6 Å². The van der Waals surface area contributed by atoms with E-state index in [0.29, 0.717) is 6.54 Å². The zero-order valence-electron chi connectivity index (χ0n) is 11.7. The molecule has 5 nitrogen and oxygen atoms in total. The summed E-state index contributed by atoms with van der Waals surface area (Å²) in [6.07, 6.45) is -0.417. The summed E-state index contributed by atoms with van der Waals surface area (Å²) in [5, 5.41) is 6.19. The lowest BCUT2D eigenvalue weighted by Gasteiger charge is -2.33. The molecule has 0 aliphatic carbocycles. The first-order valence-electron chi connectivity index (χ1n) is 6.57. The van der Waals surface area contributed by atoms with Crippen LogP contribution in [0.15, 0.2) is 18.2 Å². The van der Waals surface area contributed by atoms with Crippen LogP contribution in [0, 0.1) is 0 Å². The highest BCUT2D eigenvalue weighted by Crippen LogP contribution is 2.34. The molecule has 1 unspecified atom stereocenters. The van der Waals surface area contributed by atoms with Gasteiger partial charge in [0.05, 0.1) is 5.69 Å². The van der Waals surface area contributed by atoms with Crippen molar-refractivity contribution in [2.24, 2.45) is 0 Å². The Bertz CT molecular complexity index is 462. The minimum atomic E-state index is -0.417. The van der Waals surface area contributed by atoms with Crippen molar-refractivity contribution in [1.29, 1.82) is 0 Å². The van der Waals surface area contributed by atoms with Crippen LogP contribution in [-0.2, 0) is 11.3 Å². The van der Waals surface area contributed by atoms with Crippen LogP contribution in [0.4, 0.5) is 5.69 Å². The van der Waals surface area contributed by atoms with E-state index in [1.54, 1.807) is 11.8 Å². The highest BCUT2D eigenvalue weighted by molar-refractivity contribution is 5.99. The fourth-order valence-electron chi connectivity index (χ4n) is 2.22. The number of hydrogen-bond acceptors (Lipinski definition) is 4. The molecule has 0 saturated carbocycles. The first-order chi connectivity index (χ1) is 9.17. The third kappa shape index (κ3) is 2.88. The second-order valence-electron chi connectivity index (χ2n) is 4.69. The molecule has 0 radical (unpaired) electrons. The Morgan fingerprint density at radius 2 is 2.11 bits per heavy atom. The van der Waals surface area contributed by atoms with Crippen molar-refractivity contribution in [3.63, 3.8) is 0 Å². The number of benzene rings is 1. The second kappa shape index (κ2) is 6.04. The molecule has 2 rings (SSSR count). The number of nitrogens with zero attached hydrogens (tertiary/aromatic N) is 1. The number of hydrogen-bond donors (Lipinski definition) is 2. The van der Waals surface area contributed by atoms with Gasteiger partial charge in [-0.25, -0.2) is 0 Å². The molecule has 19 heavy (non-hydrogen) atoms. The molecule has 0 saturated heterocycles. The van der Waals surface area contributed by atoms with Gasteiger partial charge in [-0.05, 0) is 38.7 Å². The molecule has 1 aliphatic heterocycles. The van der Waals surface area contributed by atoms with Crippen molar-refractivity contribution in [3.05, 3.63) is 23.8 Å². The normalized spacial score (nSPS) is 18.2. The van der Waals surface area contributed by atoms with Gasteiger partial charge in [0, 0.05) is 19.6 Å². The smallest absolute Gasteiger partial charge is 0.267 e. The summed E-state index contributed by atoms with van der Waals surface area (Å²) in [6.45, 7) is 3.98. The number of likely N-dealkylation sites (N-methyl/N-ethyl adjacent to an activating group) is 1. The molecule has 1 heterocycles. The fraction of sp³-hybridized carbons (Fsp3) is 0.500. The molecule has 1 aliphatic rings. The number of nitrogens with one attached hydrogen (secondary N) is 2. The molecule has 0 fully saturated rings. The number of rotatable bonds is 5. The zero-order valence-corrected chi connectivity index (χ0v) is 11.7. The number of fused-ring (bicyclic) bond motifs is 1. The zero-order chi connectivity index (χ0) is 13.8. The summed E-state index contributed by atoms with van der Waals surface area (Å²) < 4.78 is 5.66. The average Bonchev–Trinajstić information content (AvgIpc) is 2.40. The Morgan fingerprint density at radius 3 is 2.79 bits per heavy atom. The van der Waals surface area contributed by atoms with Crippen LogP contribution in [0.3, 0.4) is 0 Å². The predicted octanol–water partition coefficient (Wildman–Crippen LogP) is 0.739. The van der Waals surface area contributed by atoms with E-state index in [1.807, 2.05) is 32.3 Å². The molecular formula is C14H21N3O2. The number of carbonyl (C=O) groups excluding carboxylic acids is 1. The quantitative estimate of drug-likeness (QED) is 0.823. The molecule has 2 N–H and O–H groups in total. The van der Waals surface area contributed by atoms with Crippen LogP contribution in [0.2, 0.25) is 0 Å². The molecular weight excluding hydrogens is 242 g/mol. The summed E-state index contributed by atoms with van der Waals surface area (Å²) in [4.78, 5) is 14.0. The Hall–Kier alpha value is -1.59. The molecule has 0 bridgehead atoms. The Labute approximate surface area is 113 Å². The van der Waals surface area contributed by atoms with Crippen LogP contribution < -0.4 is 20.3 Å². The van der Waals surface area contributed by atoms with E-state index in [1.165, 1.54) is 0 Å². The average molecular weight is 263 g/mol. The Kier molecular flexibility index (Phi) is 4.39. The van der Waals surface area contributed by atoms with Gasteiger partial charge in [-0.1, -0.05) is 6.07 Å². The van der Waals surface area contributed by atoms with Gasteiger partial charge in [0.1, 0.15) is 5.75 Å². The molecule has 0 spiro atoms. The van der Waals surface area contributed by atoms with E-state index in [2.05, 4.69) is 10.6 Å². The van der Waals surface area contributed by atoms with Gasteiger partial charge < -0.3 is 20.3 Å². The summed E-state index contributed by atoms with van der Waals surface area (Å²) in [5.74, 6) is 0.799. The molecule has 1 aromatic rings. The van der Waals surface area contributed by atoms with E-state index in [-0.39, 0.29) is 5.91 Å². The van der Waals surface area contributed by atoms with Gasteiger partial charge in [-0.15, -0.1) is 0 Å². The molecule has 104 valence electrons. The maximum absolute atomic E-state index is 12.2. The molecule has 0 aromatic heterocycles.